The molecular weight excluding hydrogens is 368 g/mol. The van der Waals surface area contributed by atoms with Crippen LogP contribution in [-0.4, -0.2) is 25.0 Å². The van der Waals surface area contributed by atoms with Crippen molar-refractivity contribution >= 4 is 23.4 Å². The van der Waals surface area contributed by atoms with Crippen LogP contribution in [0, 0.1) is 0 Å². The molecule has 0 bridgehead atoms. The van der Waals surface area contributed by atoms with Gasteiger partial charge in [-0.1, -0.05) is 62.7 Å². The summed E-state index contributed by atoms with van der Waals surface area (Å²) in [5.41, 5.74) is 5.43. The van der Waals surface area contributed by atoms with E-state index < -0.39 is 11.8 Å². The first-order chi connectivity index (χ1) is 12.8. The smallest absolute Gasteiger partial charge is 0.276 e. The molecule has 0 aromatic heterocycles. The van der Waals surface area contributed by atoms with Gasteiger partial charge in [0, 0.05) is 0 Å². The van der Waals surface area contributed by atoms with Crippen LogP contribution < -0.4 is 20.3 Å². The van der Waals surface area contributed by atoms with Crippen LogP contribution >= 0.6 is 11.6 Å². The van der Waals surface area contributed by atoms with Crippen molar-refractivity contribution in [2.45, 2.75) is 26.2 Å². The van der Waals surface area contributed by atoms with Crippen LogP contribution in [0.1, 0.15) is 26.3 Å². The van der Waals surface area contributed by atoms with Gasteiger partial charge < -0.3 is 9.47 Å². The Morgan fingerprint density at radius 2 is 1.33 bits per heavy atom. The molecule has 0 aliphatic rings. The van der Waals surface area contributed by atoms with Gasteiger partial charge in [-0.05, 0) is 29.2 Å². The van der Waals surface area contributed by atoms with Crippen LogP contribution in [0.3, 0.4) is 0 Å². The third-order valence-electron chi connectivity index (χ3n) is 3.59. The Balaban J connectivity index is 1.77. The quantitative estimate of drug-likeness (QED) is 0.742. The summed E-state index contributed by atoms with van der Waals surface area (Å²) in [5.74, 6) is 0.0273. The standard InChI is InChI=1S/C20H23ClN2O4/c1-20(2,3)14-8-4-6-10-16(14)26-12-18(24)22-23-19(25)13-27-17-11-7-5-9-15(17)21/h4-11H,12-13H2,1-3H3,(H,22,24)(H,23,25). The van der Waals surface area contributed by atoms with Crippen molar-refractivity contribution in [3.63, 3.8) is 0 Å². The van der Waals surface area contributed by atoms with E-state index in [2.05, 4.69) is 31.6 Å². The summed E-state index contributed by atoms with van der Waals surface area (Å²) in [6.45, 7) is 5.69. The highest BCUT2D eigenvalue weighted by Gasteiger charge is 2.19. The van der Waals surface area contributed by atoms with E-state index in [-0.39, 0.29) is 18.6 Å². The molecule has 0 spiro atoms. The number of halogens is 1. The van der Waals surface area contributed by atoms with E-state index >= 15 is 0 Å². The van der Waals surface area contributed by atoms with Gasteiger partial charge in [-0.15, -0.1) is 0 Å². The van der Waals surface area contributed by atoms with Crippen molar-refractivity contribution in [2.24, 2.45) is 0 Å². The topological polar surface area (TPSA) is 76.7 Å². The summed E-state index contributed by atoms with van der Waals surface area (Å²) in [5, 5.41) is 0.403. The zero-order valence-corrected chi connectivity index (χ0v) is 16.3. The number of rotatable bonds is 6. The maximum absolute atomic E-state index is 11.9. The molecule has 0 atom stereocenters. The van der Waals surface area contributed by atoms with Crippen molar-refractivity contribution in [3.8, 4) is 11.5 Å². The molecule has 0 saturated heterocycles. The number of ether oxygens (including phenoxy) is 2. The van der Waals surface area contributed by atoms with Gasteiger partial charge in [0.2, 0.25) is 0 Å². The fourth-order valence-corrected chi connectivity index (χ4v) is 2.46. The SMILES string of the molecule is CC(C)(C)c1ccccc1OCC(=O)NNC(=O)COc1ccccc1Cl. The number of hydrazine groups is 1. The number of nitrogens with one attached hydrogen (secondary N) is 2. The van der Waals surface area contributed by atoms with Gasteiger partial charge in [0.05, 0.1) is 5.02 Å². The van der Waals surface area contributed by atoms with Crippen molar-refractivity contribution in [1.29, 1.82) is 0 Å². The molecule has 0 unspecified atom stereocenters. The zero-order chi connectivity index (χ0) is 19.9. The second-order valence-corrected chi connectivity index (χ2v) is 7.26. The van der Waals surface area contributed by atoms with Gasteiger partial charge in [-0.25, -0.2) is 0 Å². The Morgan fingerprint density at radius 1 is 0.852 bits per heavy atom. The summed E-state index contributed by atoms with van der Waals surface area (Å²) < 4.78 is 10.9. The molecule has 0 radical (unpaired) electrons. The second-order valence-electron chi connectivity index (χ2n) is 6.85. The highest BCUT2D eigenvalue weighted by molar-refractivity contribution is 6.32. The van der Waals surface area contributed by atoms with Crippen molar-refractivity contribution in [1.82, 2.24) is 10.9 Å². The molecule has 6 nitrogen and oxygen atoms in total. The molecule has 0 heterocycles. The monoisotopic (exact) mass is 390 g/mol. The predicted molar refractivity (Wildman–Crippen MR) is 104 cm³/mol. The molecule has 2 aromatic carbocycles. The Labute approximate surface area is 163 Å². The van der Waals surface area contributed by atoms with E-state index in [0.717, 1.165) is 5.56 Å². The Kier molecular flexibility index (Phi) is 7.07. The Bertz CT molecular complexity index is 803. The van der Waals surface area contributed by atoms with Crippen molar-refractivity contribution < 1.29 is 19.1 Å². The Morgan fingerprint density at radius 3 is 1.89 bits per heavy atom. The number of carbonyl (C=O) groups is 2. The molecule has 144 valence electrons. The number of para-hydroxylation sites is 2. The number of hydrogen-bond donors (Lipinski definition) is 2. The minimum absolute atomic E-state index is 0.114. The fourth-order valence-electron chi connectivity index (χ4n) is 2.27. The predicted octanol–water partition coefficient (Wildman–Crippen LogP) is 3.24. The summed E-state index contributed by atoms with van der Waals surface area (Å²) in [6, 6.07) is 14.3. The first-order valence-electron chi connectivity index (χ1n) is 8.44. The molecular formula is C20H23ClN2O4. The van der Waals surface area contributed by atoms with Crippen molar-refractivity contribution in [2.75, 3.05) is 13.2 Å². The third kappa shape index (κ3) is 6.49. The lowest BCUT2D eigenvalue weighted by atomic mass is 9.86. The Hall–Kier alpha value is -2.73. The van der Waals surface area contributed by atoms with Gasteiger partial charge in [-0.3, -0.25) is 20.4 Å². The number of benzene rings is 2. The maximum atomic E-state index is 11.9. The van der Waals surface area contributed by atoms with E-state index in [9.17, 15) is 9.59 Å². The van der Waals surface area contributed by atoms with E-state index in [0.29, 0.717) is 16.5 Å². The van der Waals surface area contributed by atoms with Gasteiger partial charge in [0.1, 0.15) is 11.5 Å². The number of carbonyl (C=O) groups excluding carboxylic acids is 2. The summed E-state index contributed by atoms with van der Waals surface area (Å²) in [6.07, 6.45) is 0. The van der Waals surface area contributed by atoms with Gasteiger partial charge in [0.15, 0.2) is 13.2 Å². The van der Waals surface area contributed by atoms with E-state index in [4.69, 9.17) is 21.1 Å². The molecule has 0 aliphatic heterocycles. The third-order valence-corrected chi connectivity index (χ3v) is 3.90. The first kappa shape index (κ1) is 20.6. The maximum Gasteiger partial charge on any atom is 0.276 e. The zero-order valence-electron chi connectivity index (χ0n) is 15.5. The molecule has 2 amide bonds. The first-order valence-corrected chi connectivity index (χ1v) is 8.82. The highest BCUT2D eigenvalue weighted by atomic mass is 35.5. The molecule has 7 heteroatoms. The van der Waals surface area contributed by atoms with Crippen molar-refractivity contribution in [3.05, 3.63) is 59.1 Å². The van der Waals surface area contributed by atoms with Gasteiger partial charge in [-0.2, -0.15) is 0 Å². The lowest BCUT2D eigenvalue weighted by Gasteiger charge is -2.22. The molecule has 2 aromatic rings. The average molecular weight is 391 g/mol. The summed E-state index contributed by atoms with van der Waals surface area (Å²) in [7, 11) is 0. The molecule has 0 aliphatic carbocycles. The van der Waals surface area contributed by atoms with Crippen LogP contribution in [0.4, 0.5) is 0 Å². The van der Waals surface area contributed by atoms with E-state index in [1.807, 2.05) is 24.3 Å². The molecule has 0 saturated carbocycles. The summed E-state index contributed by atoms with van der Waals surface area (Å²) in [4.78, 5) is 23.7. The number of hydrogen-bond acceptors (Lipinski definition) is 4. The minimum atomic E-state index is -0.515. The molecule has 0 fully saturated rings. The summed E-state index contributed by atoms with van der Waals surface area (Å²) >= 11 is 5.94. The van der Waals surface area contributed by atoms with Crippen LogP contribution in [-0.2, 0) is 15.0 Å². The molecule has 2 rings (SSSR count). The fraction of sp³-hybridized carbons (Fsp3) is 0.300. The normalized spacial score (nSPS) is 10.8. The van der Waals surface area contributed by atoms with E-state index in [1.54, 1.807) is 24.3 Å². The van der Waals surface area contributed by atoms with Crippen LogP contribution in [0.15, 0.2) is 48.5 Å². The second kappa shape index (κ2) is 9.28. The highest BCUT2D eigenvalue weighted by Crippen LogP contribution is 2.30. The number of amides is 2. The van der Waals surface area contributed by atoms with Crippen LogP contribution in [0.2, 0.25) is 5.02 Å². The molecule has 2 N–H and O–H groups in total. The average Bonchev–Trinajstić information content (AvgIpc) is 2.63. The van der Waals surface area contributed by atoms with E-state index in [1.165, 1.54) is 0 Å². The van der Waals surface area contributed by atoms with Gasteiger partial charge >= 0.3 is 0 Å². The lowest BCUT2D eigenvalue weighted by molar-refractivity contribution is -0.131. The van der Waals surface area contributed by atoms with Gasteiger partial charge in [0.25, 0.3) is 11.8 Å². The minimum Gasteiger partial charge on any atom is -0.483 e. The molecule has 27 heavy (non-hydrogen) atoms. The van der Waals surface area contributed by atoms with Crippen LogP contribution in [0.25, 0.3) is 0 Å². The lowest BCUT2D eigenvalue weighted by Crippen LogP contribution is -2.45. The largest absolute Gasteiger partial charge is 0.483 e. The van der Waals surface area contributed by atoms with Crippen LogP contribution in [0.5, 0.6) is 11.5 Å².